The highest BCUT2D eigenvalue weighted by atomic mass is 19.4. The predicted octanol–water partition coefficient (Wildman–Crippen LogP) is 1.64. The molecule has 0 aliphatic carbocycles. The van der Waals surface area contributed by atoms with Crippen molar-refractivity contribution in [3.8, 4) is 0 Å². The molecular formula is C11H17F3N2O3. The van der Waals surface area contributed by atoms with Gasteiger partial charge in [-0.1, -0.05) is 6.92 Å². The van der Waals surface area contributed by atoms with Crippen molar-refractivity contribution in [1.29, 1.82) is 0 Å². The van der Waals surface area contributed by atoms with Gasteiger partial charge >= 0.3 is 12.3 Å². The maximum Gasteiger partial charge on any atom is 0.409 e. The number of fused-ring (bicyclic) bond motifs is 1. The van der Waals surface area contributed by atoms with Gasteiger partial charge in [0.1, 0.15) is 12.1 Å². The molecule has 0 radical (unpaired) electrons. The van der Waals surface area contributed by atoms with Crippen molar-refractivity contribution >= 4 is 6.09 Å². The van der Waals surface area contributed by atoms with E-state index in [0.29, 0.717) is 0 Å². The molecule has 0 bridgehead atoms. The van der Waals surface area contributed by atoms with E-state index in [1.54, 1.807) is 13.8 Å². The Hall–Kier alpha value is -1.02. The van der Waals surface area contributed by atoms with E-state index in [9.17, 15) is 18.0 Å². The molecule has 2 heterocycles. The lowest BCUT2D eigenvalue weighted by molar-refractivity contribution is -0.245. The maximum atomic E-state index is 13.1. The zero-order valence-electron chi connectivity index (χ0n) is 10.8. The van der Waals surface area contributed by atoms with Gasteiger partial charge in [-0.05, 0) is 6.92 Å². The Labute approximate surface area is 109 Å². The number of carbonyl (C=O) groups excluding carboxylic acids is 1. The van der Waals surface area contributed by atoms with Gasteiger partial charge in [-0.3, -0.25) is 4.84 Å². The summed E-state index contributed by atoms with van der Waals surface area (Å²) in [5, 5.41) is 0.970. The number of hydrogen-bond acceptors (Lipinski definition) is 4. The van der Waals surface area contributed by atoms with Crippen LogP contribution in [0.5, 0.6) is 0 Å². The van der Waals surface area contributed by atoms with Gasteiger partial charge in [0.05, 0.1) is 13.2 Å². The summed E-state index contributed by atoms with van der Waals surface area (Å²) < 4.78 is 44.0. The first kappa shape index (κ1) is 14.4. The number of likely N-dealkylation sites (tertiary alicyclic amines) is 1. The number of halogens is 3. The van der Waals surface area contributed by atoms with Crippen LogP contribution in [-0.4, -0.2) is 60.6 Å². The predicted molar refractivity (Wildman–Crippen MR) is 59.2 cm³/mol. The van der Waals surface area contributed by atoms with Crippen LogP contribution in [0, 0.1) is 5.92 Å². The SMILES string of the molecule is CCOC(=O)N1C[C@@H]2[C@@H](C(F)(F)F)N(CC)O[C@@H]2C1. The van der Waals surface area contributed by atoms with E-state index < -0.39 is 30.3 Å². The molecule has 8 heteroatoms. The second-order valence-electron chi connectivity index (χ2n) is 4.63. The number of hydrogen-bond donors (Lipinski definition) is 0. The van der Waals surface area contributed by atoms with Crippen LogP contribution in [0.15, 0.2) is 0 Å². The molecule has 19 heavy (non-hydrogen) atoms. The Balaban J connectivity index is 2.09. The van der Waals surface area contributed by atoms with Crippen LogP contribution in [0.4, 0.5) is 18.0 Å². The van der Waals surface area contributed by atoms with Crippen LogP contribution >= 0.6 is 0 Å². The van der Waals surface area contributed by atoms with Crippen LogP contribution in [0.1, 0.15) is 13.8 Å². The standard InChI is InChI=1S/C11H17F3N2O3/c1-3-16-9(11(12,13)14)7-5-15(6-8(7)19-16)10(17)18-4-2/h7-9H,3-6H2,1-2H3/t7-,8+,9-/m0/s1. The molecule has 2 rings (SSSR count). The van der Waals surface area contributed by atoms with Crippen LogP contribution in [-0.2, 0) is 9.57 Å². The molecule has 110 valence electrons. The van der Waals surface area contributed by atoms with Crippen LogP contribution in [0.3, 0.4) is 0 Å². The van der Waals surface area contributed by atoms with Crippen molar-refractivity contribution in [3.63, 3.8) is 0 Å². The molecule has 5 nitrogen and oxygen atoms in total. The van der Waals surface area contributed by atoms with Crippen molar-refractivity contribution in [2.75, 3.05) is 26.2 Å². The number of rotatable bonds is 2. The van der Waals surface area contributed by atoms with E-state index in [1.165, 1.54) is 4.90 Å². The molecule has 0 spiro atoms. The van der Waals surface area contributed by atoms with Crippen molar-refractivity contribution in [1.82, 2.24) is 9.96 Å². The Morgan fingerprint density at radius 2 is 2.05 bits per heavy atom. The molecule has 2 fully saturated rings. The summed E-state index contributed by atoms with van der Waals surface area (Å²) in [6, 6.07) is -1.65. The summed E-state index contributed by atoms with van der Waals surface area (Å²) in [6.07, 6.45) is -5.54. The molecule has 0 aromatic carbocycles. The summed E-state index contributed by atoms with van der Waals surface area (Å²) in [5.41, 5.74) is 0. The Bertz CT molecular complexity index is 351. The van der Waals surface area contributed by atoms with E-state index >= 15 is 0 Å². The van der Waals surface area contributed by atoms with Crippen molar-refractivity contribution in [2.24, 2.45) is 5.92 Å². The van der Waals surface area contributed by atoms with Gasteiger partial charge in [-0.15, -0.1) is 0 Å². The molecular weight excluding hydrogens is 265 g/mol. The van der Waals surface area contributed by atoms with Gasteiger partial charge in [0, 0.05) is 19.0 Å². The third kappa shape index (κ3) is 2.64. The number of carbonyl (C=O) groups is 1. The first-order chi connectivity index (χ1) is 8.88. The first-order valence-corrected chi connectivity index (χ1v) is 6.30. The molecule has 0 unspecified atom stereocenters. The lowest BCUT2D eigenvalue weighted by Crippen LogP contribution is -2.46. The normalized spacial score (nSPS) is 31.6. The fourth-order valence-corrected chi connectivity index (χ4v) is 2.71. The molecule has 2 saturated heterocycles. The minimum absolute atomic E-state index is 0.0180. The fraction of sp³-hybridized carbons (Fsp3) is 0.909. The smallest absolute Gasteiger partial charge is 0.409 e. The van der Waals surface area contributed by atoms with Gasteiger partial charge in [0.15, 0.2) is 0 Å². The second-order valence-corrected chi connectivity index (χ2v) is 4.63. The Morgan fingerprint density at radius 1 is 1.37 bits per heavy atom. The molecule has 2 aliphatic rings. The van der Waals surface area contributed by atoms with Crippen LogP contribution in [0.2, 0.25) is 0 Å². The van der Waals surface area contributed by atoms with Gasteiger partial charge in [0.25, 0.3) is 0 Å². The third-order valence-corrected chi connectivity index (χ3v) is 3.47. The average molecular weight is 282 g/mol. The Kier molecular flexibility index (Phi) is 3.91. The lowest BCUT2D eigenvalue weighted by Gasteiger charge is -2.27. The highest BCUT2D eigenvalue weighted by Crippen LogP contribution is 2.41. The minimum atomic E-state index is -4.36. The number of nitrogens with zero attached hydrogens (tertiary/aromatic N) is 2. The number of alkyl halides is 3. The fourth-order valence-electron chi connectivity index (χ4n) is 2.71. The maximum absolute atomic E-state index is 13.1. The topological polar surface area (TPSA) is 42.0 Å². The zero-order valence-corrected chi connectivity index (χ0v) is 10.8. The molecule has 1 amide bonds. The summed E-state index contributed by atoms with van der Waals surface area (Å²) in [6.45, 7) is 3.80. The van der Waals surface area contributed by atoms with E-state index in [2.05, 4.69) is 0 Å². The number of amides is 1. The van der Waals surface area contributed by atoms with Gasteiger partial charge in [0.2, 0.25) is 0 Å². The third-order valence-electron chi connectivity index (χ3n) is 3.47. The van der Waals surface area contributed by atoms with Crippen LogP contribution < -0.4 is 0 Å². The van der Waals surface area contributed by atoms with Crippen molar-refractivity contribution < 1.29 is 27.5 Å². The second kappa shape index (κ2) is 5.16. The molecule has 0 aromatic heterocycles. The lowest BCUT2D eigenvalue weighted by atomic mass is 9.97. The van der Waals surface area contributed by atoms with Gasteiger partial charge in [-0.2, -0.15) is 18.2 Å². The summed E-state index contributed by atoms with van der Waals surface area (Å²) >= 11 is 0. The van der Waals surface area contributed by atoms with Crippen LogP contribution in [0.25, 0.3) is 0 Å². The Morgan fingerprint density at radius 3 is 2.58 bits per heavy atom. The summed E-state index contributed by atoms with van der Waals surface area (Å²) in [7, 11) is 0. The number of ether oxygens (including phenoxy) is 1. The number of hydroxylamine groups is 2. The largest absolute Gasteiger partial charge is 0.450 e. The molecule has 0 aromatic rings. The van der Waals surface area contributed by atoms with E-state index in [4.69, 9.17) is 9.57 Å². The zero-order chi connectivity index (χ0) is 14.2. The molecule has 2 aliphatic heterocycles. The minimum Gasteiger partial charge on any atom is -0.450 e. The quantitative estimate of drug-likeness (QED) is 0.772. The average Bonchev–Trinajstić information content (AvgIpc) is 2.83. The monoisotopic (exact) mass is 282 g/mol. The van der Waals surface area contributed by atoms with Crippen molar-refractivity contribution in [2.45, 2.75) is 32.2 Å². The van der Waals surface area contributed by atoms with Crippen molar-refractivity contribution in [3.05, 3.63) is 0 Å². The molecule has 0 saturated carbocycles. The van der Waals surface area contributed by atoms with E-state index in [-0.39, 0.29) is 26.2 Å². The summed E-state index contributed by atoms with van der Waals surface area (Å²) in [4.78, 5) is 18.1. The summed E-state index contributed by atoms with van der Waals surface area (Å²) in [5.74, 6) is -0.746. The van der Waals surface area contributed by atoms with E-state index in [1.807, 2.05) is 0 Å². The highest BCUT2D eigenvalue weighted by Gasteiger charge is 2.59. The van der Waals surface area contributed by atoms with Gasteiger partial charge < -0.3 is 9.64 Å². The van der Waals surface area contributed by atoms with Gasteiger partial charge in [-0.25, -0.2) is 4.79 Å². The highest BCUT2D eigenvalue weighted by molar-refractivity contribution is 5.68. The first-order valence-electron chi connectivity index (χ1n) is 6.30. The molecule has 0 N–H and O–H groups in total. The molecule has 3 atom stereocenters. The van der Waals surface area contributed by atoms with E-state index in [0.717, 1.165) is 5.06 Å².